The minimum absolute atomic E-state index is 0.108. The molecule has 12 heteroatoms. The zero-order chi connectivity index (χ0) is 23.3. The van der Waals surface area contributed by atoms with Gasteiger partial charge in [0.15, 0.2) is 18.2 Å². The third kappa shape index (κ3) is 3.22. The summed E-state index contributed by atoms with van der Waals surface area (Å²) in [6, 6.07) is 6.52. The molecule has 174 valence electrons. The maximum Gasteiger partial charge on any atom is 0.280 e. The Labute approximate surface area is 189 Å². The number of imide groups is 1. The minimum atomic E-state index is -1.14. The van der Waals surface area contributed by atoms with Gasteiger partial charge >= 0.3 is 0 Å². The number of nitrogens with two attached hydrogens (primary N) is 1. The van der Waals surface area contributed by atoms with Crippen LogP contribution in [-0.4, -0.2) is 93.5 Å². The molecule has 4 N–H and O–H groups in total. The lowest BCUT2D eigenvalue weighted by molar-refractivity contribution is -0.101. The van der Waals surface area contributed by atoms with E-state index in [0.29, 0.717) is 12.3 Å². The van der Waals surface area contributed by atoms with Crippen LogP contribution in [0.2, 0.25) is 0 Å². The summed E-state index contributed by atoms with van der Waals surface area (Å²) in [5, 5.41) is 23.0. The molecule has 1 fully saturated rings. The second-order valence-electron chi connectivity index (χ2n) is 8.00. The molecule has 1 aromatic carbocycles. The third-order valence-electron chi connectivity index (χ3n) is 5.99. The molecule has 1 saturated heterocycles. The number of fused-ring (bicyclic) bond motifs is 2. The minimum Gasteiger partial charge on any atom is -0.394 e. The number of rotatable bonds is 6. The highest BCUT2D eigenvalue weighted by Crippen LogP contribution is 2.36. The molecule has 0 spiro atoms. The molecule has 1 aromatic rings. The van der Waals surface area contributed by atoms with Crippen LogP contribution in [0.1, 0.15) is 34.1 Å². The predicted octanol–water partition coefficient (Wildman–Crippen LogP) is -0.787. The van der Waals surface area contributed by atoms with E-state index >= 15 is 0 Å². The zero-order valence-corrected chi connectivity index (χ0v) is 17.8. The van der Waals surface area contributed by atoms with Crippen molar-refractivity contribution >= 4 is 24.5 Å². The van der Waals surface area contributed by atoms with Crippen LogP contribution in [0.15, 0.2) is 45.8 Å². The summed E-state index contributed by atoms with van der Waals surface area (Å²) in [5.41, 5.74) is 6.88. The number of hydrazine groups is 1. The Morgan fingerprint density at radius 1 is 1.15 bits per heavy atom. The lowest BCUT2D eigenvalue weighted by Crippen LogP contribution is -2.60. The lowest BCUT2D eigenvalue weighted by Gasteiger charge is -2.41. The summed E-state index contributed by atoms with van der Waals surface area (Å²) < 4.78 is 11.6. The van der Waals surface area contributed by atoms with E-state index in [1.165, 1.54) is 17.7 Å². The maximum atomic E-state index is 13.1. The summed E-state index contributed by atoms with van der Waals surface area (Å²) in [7, 11) is 0. The van der Waals surface area contributed by atoms with Gasteiger partial charge in [0.1, 0.15) is 30.3 Å². The van der Waals surface area contributed by atoms with Gasteiger partial charge in [-0.05, 0) is 18.6 Å². The molecule has 12 nitrogen and oxygen atoms in total. The van der Waals surface area contributed by atoms with Crippen molar-refractivity contribution in [1.29, 1.82) is 0 Å². The van der Waals surface area contributed by atoms with Crippen molar-refractivity contribution in [2.24, 2.45) is 15.7 Å². The zero-order valence-electron chi connectivity index (χ0n) is 17.8. The Bertz CT molecular complexity index is 1040. The van der Waals surface area contributed by atoms with Crippen molar-refractivity contribution in [1.82, 2.24) is 14.9 Å². The highest BCUT2D eigenvalue weighted by atomic mass is 16.6. The molecule has 33 heavy (non-hydrogen) atoms. The van der Waals surface area contributed by atoms with Gasteiger partial charge in [0.25, 0.3) is 11.8 Å². The number of amides is 2. The van der Waals surface area contributed by atoms with Gasteiger partial charge in [-0.25, -0.2) is 15.0 Å². The van der Waals surface area contributed by atoms with Crippen LogP contribution < -0.4 is 5.73 Å². The van der Waals surface area contributed by atoms with Gasteiger partial charge in [-0.1, -0.05) is 19.1 Å². The molecular formula is C21H24N6O6. The number of benzene rings is 1. The van der Waals surface area contributed by atoms with Gasteiger partial charge in [-0.2, -0.15) is 5.01 Å². The van der Waals surface area contributed by atoms with Gasteiger partial charge in [-0.3, -0.25) is 9.59 Å². The number of aliphatic hydroxyl groups is 2. The van der Waals surface area contributed by atoms with Crippen molar-refractivity contribution in [2.75, 3.05) is 13.2 Å². The highest BCUT2D eigenvalue weighted by molar-refractivity contribution is 6.21. The standard InChI is InChI=1S/C21H24N6O6/c1-2-7-32-16-13(8-28)33-21(15(16)29)25-9-23-14-17(22)24-10-26(18(14)25)27-19(30)11-5-3-4-6-12(11)20(27)31/h3-6,9-10,13,15-16,18,21,28-29H,2,7-8,22H2,1H3/t13-,15-,16-,18?,21-/m1/s1. The molecule has 4 heterocycles. The maximum absolute atomic E-state index is 13.1. The third-order valence-corrected chi connectivity index (χ3v) is 5.99. The van der Waals surface area contributed by atoms with Crippen molar-refractivity contribution < 1.29 is 29.3 Å². The molecule has 0 bridgehead atoms. The quantitative estimate of drug-likeness (QED) is 0.468. The van der Waals surface area contributed by atoms with Crippen LogP contribution >= 0.6 is 0 Å². The topological polar surface area (TPSA) is 154 Å². The molecule has 1 unspecified atom stereocenters. The van der Waals surface area contributed by atoms with E-state index in [0.717, 1.165) is 11.4 Å². The number of aliphatic hydroxyl groups excluding tert-OH is 2. The summed E-state index contributed by atoms with van der Waals surface area (Å²) in [6.07, 6.45) is -1.10. The molecular weight excluding hydrogens is 432 g/mol. The van der Waals surface area contributed by atoms with E-state index in [-0.39, 0.29) is 23.6 Å². The van der Waals surface area contributed by atoms with E-state index in [4.69, 9.17) is 15.2 Å². The van der Waals surface area contributed by atoms with Crippen LogP contribution in [0.4, 0.5) is 0 Å². The van der Waals surface area contributed by atoms with Crippen LogP contribution in [-0.2, 0) is 9.47 Å². The van der Waals surface area contributed by atoms with Crippen LogP contribution in [0.3, 0.4) is 0 Å². The molecule has 0 radical (unpaired) electrons. The average Bonchev–Trinajstić information content (AvgIpc) is 3.47. The van der Waals surface area contributed by atoms with Crippen LogP contribution in [0.25, 0.3) is 0 Å². The molecule has 0 aromatic heterocycles. The molecule has 2 amide bonds. The molecule has 4 aliphatic rings. The second kappa shape index (κ2) is 8.23. The Kier molecular flexibility index (Phi) is 5.37. The molecule has 4 aliphatic heterocycles. The first-order chi connectivity index (χ1) is 16.0. The fraction of sp³-hybridized carbons (Fsp3) is 0.429. The van der Waals surface area contributed by atoms with Crippen LogP contribution in [0.5, 0.6) is 0 Å². The van der Waals surface area contributed by atoms with Gasteiger partial charge in [0, 0.05) is 6.61 Å². The van der Waals surface area contributed by atoms with E-state index in [1.807, 2.05) is 6.92 Å². The number of carbonyl (C=O) groups is 2. The van der Waals surface area contributed by atoms with E-state index in [9.17, 15) is 19.8 Å². The van der Waals surface area contributed by atoms with Gasteiger partial charge < -0.3 is 30.3 Å². The first-order valence-corrected chi connectivity index (χ1v) is 10.7. The highest BCUT2D eigenvalue weighted by Gasteiger charge is 2.53. The predicted molar refractivity (Wildman–Crippen MR) is 114 cm³/mol. The number of carbonyl (C=O) groups excluding carboxylic acids is 2. The van der Waals surface area contributed by atoms with E-state index in [2.05, 4.69) is 9.98 Å². The number of ether oxygens (including phenoxy) is 2. The first-order valence-electron chi connectivity index (χ1n) is 10.7. The van der Waals surface area contributed by atoms with Gasteiger partial charge in [-0.15, -0.1) is 0 Å². The average molecular weight is 456 g/mol. The monoisotopic (exact) mass is 456 g/mol. The summed E-state index contributed by atoms with van der Waals surface area (Å²) >= 11 is 0. The number of hydrogen-bond donors (Lipinski definition) is 3. The normalized spacial score (nSPS) is 30.6. The summed E-state index contributed by atoms with van der Waals surface area (Å²) in [5.74, 6) is -0.922. The molecule has 5 atom stereocenters. The van der Waals surface area contributed by atoms with E-state index < -0.39 is 42.5 Å². The fourth-order valence-corrected chi connectivity index (χ4v) is 4.44. The smallest absolute Gasteiger partial charge is 0.280 e. The number of hydrogen-bond acceptors (Lipinski definition) is 11. The van der Waals surface area contributed by atoms with E-state index in [1.54, 1.807) is 29.2 Å². The summed E-state index contributed by atoms with van der Waals surface area (Å²) in [6.45, 7) is 1.96. The molecule has 0 aliphatic carbocycles. The van der Waals surface area contributed by atoms with Gasteiger partial charge in [0.2, 0.25) is 0 Å². The van der Waals surface area contributed by atoms with Crippen molar-refractivity contribution in [3.63, 3.8) is 0 Å². The largest absolute Gasteiger partial charge is 0.394 e. The van der Waals surface area contributed by atoms with Gasteiger partial charge in [0.05, 0.1) is 24.1 Å². The molecule has 5 rings (SSSR count). The Balaban J connectivity index is 1.47. The van der Waals surface area contributed by atoms with Crippen molar-refractivity contribution in [3.05, 3.63) is 46.9 Å². The van der Waals surface area contributed by atoms with Crippen LogP contribution in [0, 0.1) is 0 Å². The number of aliphatic imine (C=N–C) groups is 2. The Morgan fingerprint density at radius 2 is 1.85 bits per heavy atom. The number of nitrogens with zero attached hydrogens (tertiary/aromatic N) is 5. The molecule has 0 saturated carbocycles. The lowest BCUT2D eigenvalue weighted by atomic mass is 10.1. The summed E-state index contributed by atoms with van der Waals surface area (Å²) in [4.78, 5) is 36.2. The van der Waals surface area contributed by atoms with Crippen molar-refractivity contribution in [3.8, 4) is 0 Å². The fourth-order valence-electron chi connectivity index (χ4n) is 4.44. The SMILES string of the molecule is CCCO[C@H]1[C@@H](O)[C@H](N2C=NC3=C(N)N=CN(N4C(=O)c5ccccc5C4=O)C32)O[C@@H]1CO. The Morgan fingerprint density at radius 3 is 2.48 bits per heavy atom. The van der Waals surface area contributed by atoms with Crippen molar-refractivity contribution in [2.45, 2.75) is 44.1 Å². The first kappa shape index (κ1) is 21.5. The Hall–Kier alpha value is -3.32. The second-order valence-corrected chi connectivity index (χ2v) is 8.00.